The van der Waals surface area contributed by atoms with Gasteiger partial charge in [-0.2, -0.15) is 13.2 Å². The zero-order valence-corrected chi connectivity index (χ0v) is 8.54. The van der Waals surface area contributed by atoms with Crippen LogP contribution in [0.1, 0.15) is 20.3 Å². The van der Waals surface area contributed by atoms with E-state index < -0.39 is 12.7 Å². The SMILES string of the molecule is CC(C)C(CCCl)NCC(F)(F)F. The number of hydrogen-bond donors (Lipinski definition) is 1. The normalized spacial score (nSPS) is 15.0. The first-order valence-electron chi connectivity index (χ1n) is 4.23. The fourth-order valence-corrected chi connectivity index (χ4v) is 1.27. The second kappa shape index (κ2) is 5.70. The Morgan fingerprint density at radius 1 is 1.31 bits per heavy atom. The van der Waals surface area contributed by atoms with Crippen LogP contribution in [-0.4, -0.2) is 24.6 Å². The van der Waals surface area contributed by atoms with E-state index in [1.165, 1.54) is 0 Å². The van der Waals surface area contributed by atoms with Crippen molar-refractivity contribution in [2.45, 2.75) is 32.5 Å². The van der Waals surface area contributed by atoms with Crippen molar-refractivity contribution in [1.29, 1.82) is 0 Å². The van der Waals surface area contributed by atoms with Gasteiger partial charge in [-0.25, -0.2) is 0 Å². The van der Waals surface area contributed by atoms with E-state index in [0.29, 0.717) is 12.3 Å². The van der Waals surface area contributed by atoms with Crippen LogP contribution in [-0.2, 0) is 0 Å². The lowest BCUT2D eigenvalue weighted by molar-refractivity contribution is -0.126. The van der Waals surface area contributed by atoms with E-state index in [2.05, 4.69) is 5.32 Å². The van der Waals surface area contributed by atoms with Gasteiger partial charge in [0.2, 0.25) is 0 Å². The molecule has 0 aromatic rings. The smallest absolute Gasteiger partial charge is 0.306 e. The zero-order chi connectivity index (χ0) is 10.5. The molecule has 1 N–H and O–H groups in total. The highest BCUT2D eigenvalue weighted by atomic mass is 35.5. The summed E-state index contributed by atoms with van der Waals surface area (Å²) in [5, 5.41) is 2.45. The average Bonchev–Trinajstić information content (AvgIpc) is 1.95. The van der Waals surface area contributed by atoms with Crippen molar-refractivity contribution in [3.63, 3.8) is 0 Å². The van der Waals surface area contributed by atoms with E-state index in [-0.39, 0.29) is 12.0 Å². The van der Waals surface area contributed by atoms with Gasteiger partial charge in [0.1, 0.15) is 0 Å². The standard InChI is InChI=1S/C8H15ClF3N/c1-6(2)7(3-4-9)13-5-8(10,11)12/h6-7,13H,3-5H2,1-2H3. The van der Waals surface area contributed by atoms with Crippen molar-refractivity contribution in [3.05, 3.63) is 0 Å². The molecule has 80 valence electrons. The zero-order valence-electron chi connectivity index (χ0n) is 7.79. The second-order valence-electron chi connectivity index (χ2n) is 3.32. The summed E-state index contributed by atoms with van der Waals surface area (Å²) in [5.74, 6) is 0.550. The van der Waals surface area contributed by atoms with Gasteiger partial charge in [0.05, 0.1) is 6.54 Å². The minimum atomic E-state index is -4.14. The third-order valence-electron chi connectivity index (χ3n) is 1.79. The first-order valence-corrected chi connectivity index (χ1v) is 4.76. The van der Waals surface area contributed by atoms with Crippen LogP contribution in [0.2, 0.25) is 0 Å². The van der Waals surface area contributed by atoms with E-state index in [0.717, 1.165) is 0 Å². The van der Waals surface area contributed by atoms with E-state index in [1.54, 1.807) is 0 Å². The lowest BCUT2D eigenvalue weighted by Gasteiger charge is -2.22. The molecular weight excluding hydrogens is 203 g/mol. The van der Waals surface area contributed by atoms with Gasteiger partial charge in [-0.1, -0.05) is 13.8 Å². The molecule has 0 spiro atoms. The number of alkyl halides is 4. The van der Waals surface area contributed by atoms with Crippen LogP contribution in [0.3, 0.4) is 0 Å². The highest BCUT2D eigenvalue weighted by Gasteiger charge is 2.28. The van der Waals surface area contributed by atoms with Gasteiger partial charge in [-0.3, -0.25) is 0 Å². The predicted molar refractivity (Wildman–Crippen MR) is 48.0 cm³/mol. The Morgan fingerprint density at radius 3 is 2.15 bits per heavy atom. The van der Waals surface area contributed by atoms with Crippen LogP contribution in [0.25, 0.3) is 0 Å². The summed E-state index contributed by atoms with van der Waals surface area (Å²) < 4.78 is 35.5. The molecule has 0 fully saturated rings. The highest BCUT2D eigenvalue weighted by molar-refractivity contribution is 6.17. The van der Waals surface area contributed by atoms with Crippen LogP contribution in [0, 0.1) is 5.92 Å². The first-order chi connectivity index (χ1) is 5.87. The van der Waals surface area contributed by atoms with Crippen LogP contribution < -0.4 is 5.32 Å². The number of rotatable bonds is 5. The molecule has 5 heteroatoms. The lowest BCUT2D eigenvalue weighted by atomic mass is 10.0. The largest absolute Gasteiger partial charge is 0.401 e. The Labute approximate surface area is 81.6 Å². The Kier molecular flexibility index (Phi) is 5.72. The van der Waals surface area contributed by atoms with Crippen molar-refractivity contribution >= 4 is 11.6 Å². The number of hydrogen-bond acceptors (Lipinski definition) is 1. The third kappa shape index (κ3) is 7.14. The summed E-state index contributed by atoms with van der Waals surface area (Å²) in [4.78, 5) is 0. The molecule has 0 rings (SSSR count). The maximum atomic E-state index is 11.8. The van der Waals surface area contributed by atoms with Gasteiger partial charge in [0.25, 0.3) is 0 Å². The predicted octanol–water partition coefficient (Wildman–Crippen LogP) is 2.79. The first kappa shape index (κ1) is 13.0. The van der Waals surface area contributed by atoms with E-state index in [9.17, 15) is 13.2 Å². The Morgan fingerprint density at radius 2 is 1.85 bits per heavy atom. The van der Waals surface area contributed by atoms with Gasteiger partial charge in [0.15, 0.2) is 0 Å². The molecule has 0 aliphatic rings. The Bertz CT molecular complexity index is 136. The van der Waals surface area contributed by atoms with Gasteiger partial charge in [-0.15, -0.1) is 11.6 Å². The molecule has 0 heterocycles. The highest BCUT2D eigenvalue weighted by Crippen LogP contribution is 2.15. The van der Waals surface area contributed by atoms with Crippen molar-refractivity contribution < 1.29 is 13.2 Å². The Hall–Kier alpha value is 0.0400. The molecule has 0 aromatic carbocycles. The monoisotopic (exact) mass is 217 g/mol. The summed E-state index contributed by atoms with van der Waals surface area (Å²) in [6.07, 6.45) is -3.57. The summed E-state index contributed by atoms with van der Waals surface area (Å²) in [7, 11) is 0. The van der Waals surface area contributed by atoms with Crippen LogP contribution >= 0.6 is 11.6 Å². The molecule has 13 heavy (non-hydrogen) atoms. The fourth-order valence-electron chi connectivity index (χ4n) is 1.04. The molecule has 1 atom stereocenters. The quantitative estimate of drug-likeness (QED) is 0.699. The number of halogens is 4. The van der Waals surface area contributed by atoms with E-state index >= 15 is 0 Å². The maximum Gasteiger partial charge on any atom is 0.401 e. The molecule has 1 unspecified atom stereocenters. The number of nitrogens with one attached hydrogen (secondary N) is 1. The molecule has 0 aliphatic carbocycles. The molecule has 0 saturated heterocycles. The molecule has 0 aromatic heterocycles. The molecule has 0 bridgehead atoms. The van der Waals surface area contributed by atoms with Crippen molar-refractivity contribution in [2.24, 2.45) is 5.92 Å². The van der Waals surface area contributed by atoms with E-state index in [1.807, 2.05) is 13.8 Å². The van der Waals surface area contributed by atoms with Crippen molar-refractivity contribution in [3.8, 4) is 0 Å². The van der Waals surface area contributed by atoms with Crippen LogP contribution in [0.4, 0.5) is 13.2 Å². The van der Waals surface area contributed by atoms with Gasteiger partial charge < -0.3 is 5.32 Å². The second-order valence-corrected chi connectivity index (χ2v) is 3.70. The molecule has 0 saturated carbocycles. The van der Waals surface area contributed by atoms with E-state index in [4.69, 9.17) is 11.6 Å². The van der Waals surface area contributed by atoms with Gasteiger partial charge in [0, 0.05) is 11.9 Å². The topological polar surface area (TPSA) is 12.0 Å². The molecule has 0 radical (unpaired) electrons. The van der Waals surface area contributed by atoms with Gasteiger partial charge >= 0.3 is 6.18 Å². The van der Waals surface area contributed by atoms with Crippen molar-refractivity contribution in [1.82, 2.24) is 5.32 Å². The van der Waals surface area contributed by atoms with Gasteiger partial charge in [-0.05, 0) is 12.3 Å². The molecule has 0 amide bonds. The molecule has 0 aliphatic heterocycles. The Balaban J connectivity index is 3.82. The maximum absolute atomic E-state index is 11.8. The summed E-state index contributed by atoms with van der Waals surface area (Å²) in [6.45, 7) is 2.81. The van der Waals surface area contributed by atoms with Crippen LogP contribution in [0.5, 0.6) is 0 Å². The third-order valence-corrected chi connectivity index (χ3v) is 2.01. The van der Waals surface area contributed by atoms with Crippen LogP contribution in [0.15, 0.2) is 0 Å². The minimum Gasteiger partial charge on any atom is -0.306 e. The molecule has 1 nitrogen and oxygen atoms in total. The molecular formula is C8H15ClF3N. The summed E-state index contributed by atoms with van der Waals surface area (Å²) >= 11 is 5.47. The minimum absolute atomic E-state index is 0.154. The van der Waals surface area contributed by atoms with Crippen molar-refractivity contribution in [2.75, 3.05) is 12.4 Å². The summed E-state index contributed by atoms with van der Waals surface area (Å²) in [6, 6.07) is -0.154. The summed E-state index contributed by atoms with van der Waals surface area (Å²) in [5.41, 5.74) is 0. The lowest BCUT2D eigenvalue weighted by Crippen LogP contribution is -2.40. The fraction of sp³-hybridized carbons (Fsp3) is 1.00. The average molecular weight is 218 g/mol.